The Morgan fingerprint density at radius 1 is 1.25 bits per heavy atom. The lowest BCUT2D eigenvalue weighted by Crippen LogP contribution is -2.63. The van der Waals surface area contributed by atoms with Crippen LogP contribution in [0.3, 0.4) is 0 Å². The number of rotatable bonds is 11. The van der Waals surface area contributed by atoms with E-state index in [9.17, 15) is 19.8 Å². The summed E-state index contributed by atoms with van der Waals surface area (Å²) in [5, 5.41) is 32.7. The van der Waals surface area contributed by atoms with Crippen LogP contribution in [0.4, 0.5) is 0 Å². The smallest absolute Gasteiger partial charge is 0.231 e. The van der Waals surface area contributed by atoms with Crippen LogP contribution in [-0.4, -0.2) is 63.9 Å². The molecule has 0 rings (SSSR count). The minimum absolute atomic E-state index is 0.0571. The van der Waals surface area contributed by atoms with Gasteiger partial charge >= 0.3 is 0 Å². The third kappa shape index (κ3) is 5.45. The van der Waals surface area contributed by atoms with Gasteiger partial charge in [-0.2, -0.15) is 0 Å². The number of ketones is 1. The number of amides is 1. The fraction of sp³-hybridized carbons (Fsp3) is 0.833. The summed E-state index contributed by atoms with van der Waals surface area (Å²) in [6, 6.07) is -0.821. The first kappa shape index (κ1) is 19.5. The van der Waals surface area contributed by atoms with Crippen LogP contribution in [0, 0.1) is 0 Å². The van der Waals surface area contributed by atoms with E-state index in [0.29, 0.717) is 12.8 Å². The minimum atomic E-state index is -1.66. The summed E-state index contributed by atoms with van der Waals surface area (Å²) < 4.78 is 0. The van der Waals surface area contributed by atoms with E-state index in [2.05, 4.69) is 26.6 Å². The number of carbonyl (C=O) groups excluding carboxylic acids is 2. The minimum Gasteiger partial charge on any atom is -0.394 e. The molecule has 1 unspecified atom stereocenters. The SMILES string of the molecule is CCCCC(NC(=O)CBr)C(=O)C(CO)(CO)NCO. The molecule has 0 aliphatic heterocycles. The van der Waals surface area contributed by atoms with E-state index in [1.807, 2.05) is 6.92 Å². The molecule has 0 saturated carbocycles. The van der Waals surface area contributed by atoms with E-state index < -0.39 is 37.3 Å². The Hall–Kier alpha value is -0.540. The van der Waals surface area contributed by atoms with Crippen molar-refractivity contribution in [2.45, 2.75) is 37.8 Å². The highest BCUT2D eigenvalue weighted by molar-refractivity contribution is 9.09. The molecule has 5 N–H and O–H groups in total. The molecule has 0 saturated heterocycles. The third-order valence-corrected chi connectivity index (χ3v) is 3.56. The largest absolute Gasteiger partial charge is 0.394 e. The zero-order chi connectivity index (χ0) is 15.6. The first-order valence-electron chi connectivity index (χ1n) is 6.48. The Labute approximate surface area is 126 Å². The van der Waals surface area contributed by atoms with Crippen LogP contribution >= 0.6 is 15.9 Å². The highest BCUT2D eigenvalue weighted by Crippen LogP contribution is 2.13. The summed E-state index contributed by atoms with van der Waals surface area (Å²) in [6.45, 7) is 0.0380. The van der Waals surface area contributed by atoms with Crippen molar-refractivity contribution in [1.29, 1.82) is 0 Å². The normalized spacial score (nSPS) is 13.1. The monoisotopic (exact) mass is 354 g/mol. The maximum absolute atomic E-state index is 12.5. The quantitative estimate of drug-likeness (QED) is 0.237. The van der Waals surface area contributed by atoms with Crippen molar-refractivity contribution >= 4 is 27.6 Å². The molecule has 0 bridgehead atoms. The zero-order valence-electron chi connectivity index (χ0n) is 11.6. The van der Waals surface area contributed by atoms with Crippen LogP contribution in [0.5, 0.6) is 0 Å². The summed E-state index contributed by atoms with van der Waals surface area (Å²) >= 11 is 3.00. The van der Waals surface area contributed by atoms with Crippen molar-refractivity contribution < 1.29 is 24.9 Å². The molecule has 1 amide bonds. The molecule has 0 aromatic heterocycles. The van der Waals surface area contributed by atoms with Gasteiger partial charge in [0.15, 0.2) is 5.78 Å². The highest BCUT2D eigenvalue weighted by Gasteiger charge is 2.41. The fourth-order valence-corrected chi connectivity index (χ4v) is 1.96. The van der Waals surface area contributed by atoms with Crippen LogP contribution < -0.4 is 10.6 Å². The number of hydrogen-bond acceptors (Lipinski definition) is 6. The molecule has 7 nitrogen and oxygen atoms in total. The molecule has 0 heterocycles. The summed E-state index contributed by atoms with van der Waals surface area (Å²) in [4.78, 5) is 23.9. The van der Waals surface area contributed by atoms with Gasteiger partial charge in [-0.1, -0.05) is 35.7 Å². The molecule has 0 aromatic rings. The standard InChI is InChI=1S/C12H23BrN2O5/c1-2-3-4-9(15-10(19)5-13)11(20)12(6-16,7-17)14-8-18/h9,14,16-18H,2-8H2,1H3,(H,15,19). The lowest BCUT2D eigenvalue weighted by molar-refractivity contribution is -0.135. The number of hydrogen-bond donors (Lipinski definition) is 5. The molecule has 118 valence electrons. The van der Waals surface area contributed by atoms with E-state index >= 15 is 0 Å². The molecule has 0 aliphatic carbocycles. The second-order valence-corrected chi connectivity index (χ2v) is 5.05. The number of aliphatic hydroxyl groups excluding tert-OH is 3. The van der Waals surface area contributed by atoms with Gasteiger partial charge in [0.25, 0.3) is 0 Å². The fourth-order valence-electron chi connectivity index (χ4n) is 1.80. The van der Waals surface area contributed by atoms with Crippen molar-refractivity contribution in [3.63, 3.8) is 0 Å². The maximum Gasteiger partial charge on any atom is 0.231 e. The second kappa shape index (κ2) is 10.2. The third-order valence-electron chi connectivity index (χ3n) is 3.05. The number of nitrogens with one attached hydrogen (secondary N) is 2. The predicted molar refractivity (Wildman–Crippen MR) is 77.4 cm³/mol. The summed E-state index contributed by atoms with van der Waals surface area (Å²) in [7, 11) is 0. The number of carbonyl (C=O) groups is 2. The summed E-state index contributed by atoms with van der Waals surface area (Å²) in [6.07, 6.45) is 1.96. The van der Waals surface area contributed by atoms with E-state index in [4.69, 9.17) is 5.11 Å². The Morgan fingerprint density at radius 3 is 2.25 bits per heavy atom. The van der Waals surface area contributed by atoms with Gasteiger partial charge in [0.1, 0.15) is 5.54 Å². The molecular weight excluding hydrogens is 332 g/mol. The van der Waals surface area contributed by atoms with Crippen LogP contribution in [0.2, 0.25) is 0 Å². The molecule has 0 radical (unpaired) electrons. The van der Waals surface area contributed by atoms with Crippen LogP contribution in [-0.2, 0) is 9.59 Å². The number of Topliss-reactive ketones (excluding diaryl/α,β-unsaturated/α-hetero) is 1. The van der Waals surface area contributed by atoms with Gasteiger partial charge < -0.3 is 20.6 Å². The molecule has 20 heavy (non-hydrogen) atoms. The number of alkyl halides is 1. The van der Waals surface area contributed by atoms with E-state index in [-0.39, 0.29) is 11.2 Å². The Balaban J connectivity index is 5.09. The number of aliphatic hydroxyl groups is 3. The van der Waals surface area contributed by atoms with Crippen molar-refractivity contribution in [3.8, 4) is 0 Å². The van der Waals surface area contributed by atoms with Crippen LogP contribution in [0.15, 0.2) is 0 Å². The summed E-state index contributed by atoms with van der Waals surface area (Å²) in [5.41, 5.74) is -1.66. The van der Waals surface area contributed by atoms with Crippen molar-refractivity contribution in [2.24, 2.45) is 0 Å². The molecular formula is C12H23BrN2O5. The average molecular weight is 355 g/mol. The second-order valence-electron chi connectivity index (χ2n) is 4.49. The topological polar surface area (TPSA) is 119 Å². The predicted octanol–water partition coefficient (Wildman–Crippen LogP) is -1.11. The first-order valence-corrected chi connectivity index (χ1v) is 7.60. The van der Waals surface area contributed by atoms with E-state index in [0.717, 1.165) is 6.42 Å². The van der Waals surface area contributed by atoms with Crippen molar-refractivity contribution in [2.75, 3.05) is 25.3 Å². The maximum atomic E-state index is 12.5. The van der Waals surface area contributed by atoms with Gasteiger partial charge in [-0.15, -0.1) is 0 Å². The molecule has 0 spiro atoms. The van der Waals surface area contributed by atoms with Gasteiger partial charge in [-0.25, -0.2) is 0 Å². The van der Waals surface area contributed by atoms with Gasteiger partial charge in [-0.05, 0) is 6.42 Å². The Bertz CT molecular complexity index is 310. The molecule has 8 heteroatoms. The van der Waals surface area contributed by atoms with Crippen LogP contribution in [0.1, 0.15) is 26.2 Å². The molecule has 0 fully saturated rings. The highest BCUT2D eigenvalue weighted by atomic mass is 79.9. The molecule has 1 atom stereocenters. The van der Waals surface area contributed by atoms with E-state index in [1.54, 1.807) is 0 Å². The van der Waals surface area contributed by atoms with E-state index in [1.165, 1.54) is 0 Å². The van der Waals surface area contributed by atoms with Crippen molar-refractivity contribution in [1.82, 2.24) is 10.6 Å². The molecule has 0 aromatic carbocycles. The first-order chi connectivity index (χ1) is 9.51. The van der Waals surface area contributed by atoms with Crippen LogP contribution in [0.25, 0.3) is 0 Å². The van der Waals surface area contributed by atoms with Gasteiger partial charge in [0, 0.05) is 0 Å². The average Bonchev–Trinajstić information content (AvgIpc) is 2.48. The van der Waals surface area contributed by atoms with Gasteiger partial charge in [0.05, 0.1) is 31.3 Å². The number of halogens is 1. The summed E-state index contributed by atoms with van der Waals surface area (Å²) in [5.74, 6) is -0.896. The van der Waals surface area contributed by atoms with Gasteiger partial charge in [0.2, 0.25) is 5.91 Å². The van der Waals surface area contributed by atoms with Crippen molar-refractivity contribution in [3.05, 3.63) is 0 Å². The lowest BCUT2D eigenvalue weighted by Gasteiger charge is -2.32. The Morgan fingerprint density at radius 2 is 1.85 bits per heavy atom. The zero-order valence-corrected chi connectivity index (χ0v) is 13.1. The lowest BCUT2D eigenvalue weighted by atomic mass is 9.88. The van der Waals surface area contributed by atoms with Gasteiger partial charge in [-0.3, -0.25) is 14.9 Å². The number of unbranched alkanes of at least 4 members (excludes halogenated alkanes) is 1. The Kier molecular flexibility index (Phi) is 9.95. The molecule has 0 aliphatic rings.